The molecule has 0 bridgehead atoms. The summed E-state index contributed by atoms with van der Waals surface area (Å²) in [5.74, 6) is 0.289. The zero-order valence-electron chi connectivity index (χ0n) is 9.90. The molecule has 1 rings (SSSR count). The van der Waals surface area contributed by atoms with Gasteiger partial charge in [-0.2, -0.15) is 0 Å². The maximum Gasteiger partial charge on any atom is 0.239 e. The fourth-order valence-corrected chi connectivity index (χ4v) is 1.81. The molecule has 0 unspecified atom stereocenters. The van der Waals surface area contributed by atoms with E-state index < -0.39 is 0 Å². The van der Waals surface area contributed by atoms with Crippen LogP contribution in [0.3, 0.4) is 0 Å². The van der Waals surface area contributed by atoms with E-state index in [4.69, 9.17) is 10.5 Å². The molecule has 15 heavy (non-hydrogen) atoms. The molecule has 0 aromatic rings. The first-order valence-corrected chi connectivity index (χ1v) is 5.63. The van der Waals surface area contributed by atoms with Gasteiger partial charge in [-0.15, -0.1) is 0 Å². The molecular formula is C11H22N2O2. The number of carbonyl (C=O) groups excluding carboxylic acids is 1. The molecule has 1 amide bonds. The lowest BCUT2D eigenvalue weighted by Crippen LogP contribution is -2.50. The third-order valence-electron chi connectivity index (χ3n) is 3.09. The topological polar surface area (TPSA) is 55.6 Å². The van der Waals surface area contributed by atoms with E-state index in [1.54, 1.807) is 7.11 Å². The van der Waals surface area contributed by atoms with Gasteiger partial charge >= 0.3 is 0 Å². The smallest absolute Gasteiger partial charge is 0.239 e. The number of likely N-dealkylation sites (tertiary alicyclic amines) is 1. The third-order valence-corrected chi connectivity index (χ3v) is 3.09. The summed E-state index contributed by atoms with van der Waals surface area (Å²) in [6.07, 6.45) is 2.16. The molecule has 4 heteroatoms. The largest absolute Gasteiger partial charge is 0.381 e. The van der Waals surface area contributed by atoms with Gasteiger partial charge in [0.25, 0.3) is 0 Å². The predicted molar refractivity (Wildman–Crippen MR) is 59.4 cm³/mol. The van der Waals surface area contributed by atoms with Crippen LogP contribution < -0.4 is 5.73 Å². The van der Waals surface area contributed by atoms with Crippen LogP contribution >= 0.6 is 0 Å². The molecule has 1 aliphatic heterocycles. The molecule has 1 saturated heterocycles. The van der Waals surface area contributed by atoms with E-state index in [2.05, 4.69) is 0 Å². The summed E-state index contributed by atoms with van der Waals surface area (Å²) in [5, 5.41) is 0. The number of piperidine rings is 1. The molecule has 0 spiro atoms. The number of hydrogen-bond acceptors (Lipinski definition) is 3. The van der Waals surface area contributed by atoms with Crippen LogP contribution in [0, 0.1) is 5.92 Å². The Bertz CT molecular complexity index is 211. The minimum absolute atomic E-state index is 0.0829. The highest BCUT2D eigenvalue weighted by Gasteiger charge is 2.27. The van der Waals surface area contributed by atoms with Crippen LogP contribution in [0.25, 0.3) is 0 Å². The van der Waals surface area contributed by atoms with E-state index in [-0.39, 0.29) is 17.9 Å². The van der Waals surface area contributed by atoms with Crippen molar-refractivity contribution < 1.29 is 9.53 Å². The Hall–Kier alpha value is -0.610. The van der Waals surface area contributed by atoms with Crippen LogP contribution in [-0.4, -0.2) is 43.2 Å². The van der Waals surface area contributed by atoms with Crippen LogP contribution in [-0.2, 0) is 9.53 Å². The Morgan fingerprint density at radius 3 is 2.33 bits per heavy atom. The molecule has 88 valence electrons. The molecule has 4 nitrogen and oxygen atoms in total. The van der Waals surface area contributed by atoms with Crippen molar-refractivity contribution >= 4 is 5.91 Å². The van der Waals surface area contributed by atoms with E-state index in [0.29, 0.717) is 6.10 Å². The normalized spacial score (nSPS) is 20.7. The van der Waals surface area contributed by atoms with Crippen molar-refractivity contribution in [1.29, 1.82) is 0 Å². The van der Waals surface area contributed by atoms with Crippen molar-refractivity contribution in [3.8, 4) is 0 Å². The van der Waals surface area contributed by atoms with E-state index in [9.17, 15) is 4.79 Å². The van der Waals surface area contributed by atoms with Gasteiger partial charge in [-0.1, -0.05) is 13.8 Å². The molecule has 0 aromatic carbocycles. The molecule has 0 aliphatic carbocycles. The number of methoxy groups -OCH3 is 1. The number of carbonyl (C=O) groups is 1. The summed E-state index contributed by atoms with van der Waals surface area (Å²) in [7, 11) is 1.72. The third kappa shape index (κ3) is 3.18. The van der Waals surface area contributed by atoms with Crippen molar-refractivity contribution in [3.05, 3.63) is 0 Å². The number of rotatable bonds is 3. The Morgan fingerprint density at radius 2 is 1.93 bits per heavy atom. The van der Waals surface area contributed by atoms with Gasteiger partial charge in [0.05, 0.1) is 12.1 Å². The monoisotopic (exact) mass is 214 g/mol. The lowest BCUT2D eigenvalue weighted by atomic mass is 10.0. The van der Waals surface area contributed by atoms with Crippen molar-refractivity contribution in [3.63, 3.8) is 0 Å². The first-order valence-electron chi connectivity index (χ1n) is 5.63. The fourth-order valence-electron chi connectivity index (χ4n) is 1.81. The van der Waals surface area contributed by atoms with Crippen molar-refractivity contribution in [2.75, 3.05) is 20.2 Å². The zero-order chi connectivity index (χ0) is 11.4. The maximum atomic E-state index is 11.9. The molecular weight excluding hydrogens is 192 g/mol. The minimum atomic E-state index is -0.357. The lowest BCUT2D eigenvalue weighted by Gasteiger charge is -2.33. The quantitative estimate of drug-likeness (QED) is 0.749. The van der Waals surface area contributed by atoms with Crippen molar-refractivity contribution in [2.45, 2.75) is 38.8 Å². The fraction of sp³-hybridized carbons (Fsp3) is 0.909. The van der Waals surface area contributed by atoms with Gasteiger partial charge in [-0.25, -0.2) is 0 Å². The second-order valence-corrected chi connectivity index (χ2v) is 4.53. The summed E-state index contributed by atoms with van der Waals surface area (Å²) >= 11 is 0. The van der Waals surface area contributed by atoms with Crippen molar-refractivity contribution in [1.82, 2.24) is 4.90 Å². The Balaban J connectivity index is 2.42. The molecule has 0 radical (unpaired) electrons. The van der Waals surface area contributed by atoms with Gasteiger partial charge in [0.1, 0.15) is 0 Å². The van der Waals surface area contributed by atoms with Gasteiger partial charge < -0.3 is 15.4 Å². The molecule has 1 fully saturated rings. The molecule has 1 atom stereocenters. The molecule has 0 aromatic heterocycles. The standard InChI is InChI=1S/C11H22N2O2/c1-8(2)10(12)11(14)13-6-4-9(15-3)5-7-13/h8-10H,4-7,12H2,1-3H3/t10-/m1/s1. The first-order chi connectivity index (χ1) is 7.06. The maximum absolute atomic E-state index is 11.9. The second-order valence-electron chi connectivity index (χ2n) is 4.53. The summed E-state index contributed by atoms with van der Waals surface area (Å²) in [4.78, 5) is 13.8. The van der Waals surface area contributed by atoms with E-state index in [1.165, 1.54) is 0 Å². The number of ether oxygens (including phenoxy) is 1. The highest BCUT2D eigenvalue weighted by atomic mass is 16.5. The van der Waals surface area contributed by atoms with Gasteiger partial charge in [0, 0.05) is 20.2 Å². The van der Waals surface area contributed by atoms with Gasteiger partial charge in [-0.05, 0) is 18.8 Å². The van der Waals surface area contributed by atoms with Gasteiger partial charge in [-0.3, -0.25) is 4.79 Å². The number of nitrogens with two attached hydrogens (primary N) is 1. The summed E-state index contributed by atoms with van der Waals surface area (Å²) in [5.41, 5.74) is 5.84. The average molecular weight is 214 g/mol. The summed E-state index contributed by atoms with van der Waals surface area (Å²) < 4.78 is 5.26. The van der Waals surface area contributed by atoms with Crippen LogP contribution in [0.4, 0.5) is 0 Å². The highest BCUT2D eigenvalue weighted by Crippen LogP contribution is 2.14. The SMILES string of the molecule is COC1CCN(C(=O)[C@H](N)C(C)C)CC1. The zero-order valence-corrected chi connectivity index (χ0v) is 9.90. The van der Waals surface area contributed by atoms with Crippen LogP contribution in [0.2, 0.25) is 0 Å². The van der Waals surface area contributed by atoms with Gasteiger partial charge in [0.15, 0.2) is 0 Å². The van der Waals surface area contributed by atoms with E-state index >= 15 is 0 Å². The highest BCUT2D eigenvalue weighted by molar-refractivity contribution is 5.82. The van der Waals surface area contributed by atoms with E-state index in [1.807, 2.05) is 18.7 Å². The predicted octanol–water partition coefficient (Wildman–Crippen LogP) is 0.607. The number of amides is 1. The van der Waals surface area contributed by atoms with Gasteiger partial charge in [0.2, 0.25) is 5.91 Å². The molecule has 1 heterocycles. The van der Waals surface area contributed by atoms with E-state index in [0.717, 1.165) is 25.9 Å². The molecule has 1 aliphatic rings. The second kappa shape index (κ2) is 5.47. The Morgan fingerprint density at radius 1 is 1.40 bits per heavy atom. The summed E-state index contributed by atoms with van der Waals surface area (Å²) in [6.45, 7) is 5.50. The number of hydrogen-bond donors (Lipinski definition) is 1. The first kappa shape index (κ1) is 12.5. The van der Waals surface area contributed by atoms with Crippen LogP contribution in [0.15, 0.2) is 0 Å². The lowest BCUT2D eigenvalue weighted by molar-refractivity contribution is -0.135. The van der Waals surface area contributed by atoms with Crippen LogP contribution in [0.5, 0.6) is 0 Å². The Kier molecular flexibility index (Phi) is 4.54. The van der Waals surface area contributed by atoms with Crippen LogP contribution in [0.1, 0.15) is 26.7 Å². The average Bonchev–Trinajstić information content (AvgIpc) is 2.27. The summed E-state index contributed by atoms with van der Waals surface area (Å²) in [6, 6.07) is -0.357. The molecule has 0 saturated carbocycles. The van der Waals surface area contributed by atoms with Crippen molar-refractivity contribution in [2.24, 2.45) is 11.7 Å². The molecule has 2 N–H and O–H groups in total. The number of nitrogens with zero attached hydrogens (tertiary/aromatic N) is 1. The Labute approximate surface area is 91.8 Å². The minimum Gasteiger partial charge on any atom is -0.381 e.